The van der Waals surface area contributed by atoms with Crippen molar-refractivity contribution in [2.75, 3.05) is 18.4 Å². The number of anilines is 1. The molecule has 0 unspecified atom stereocenters. The van der Waals surface area contributed by atoms with Crippen LogP contribution in [0.3, 0.4) is 0 Å². The first-order valence-electron chi connectivity index (χ1n) is 8.11. The van der Waals surface area contributed by atoms with Gasteiger partial charge in [0.05, 0.1) is 11.9 Å². The first kappa shape index (κ1) is 14.4. The maximum Gasteiger partial charge on any atom is 0.319 e. The van der Waals surface area contributed by atoms with E-state index in [-0.39, 0.29) is 12.1 Å². The Morgan fingerprint density at radius 2 is 2.10 bits per heavy atom. The third-order valence-electron chi connectivity index (χ3n) is 4.64. The highest BCUT2D eigenvalue weighted by molar-refractivity contribution is 5.89. The van der Waals surface area contributed by atoms with Gasteiger partial charge < -0.3 is 10.6 Å². The number of carbonyl (C=O) groups is 1. The van der Waals surface area contributed by atoms with Gasteiger partial charge in [0.2, 0.25) is 0 Å². The fraction of sp³-hybridized carbons (Fsp3) is 0.733. The quantitative estimate of drug-likeness (QED) is 0.800. The zero-order chi connectivity index (χ0) is 14.5. The molecular weight excluding hydrogens is 266 g/mol. The van der Waals surface area contributed by atoms with Gasteiger partial charge in [0.15, 0.2) is 0 Å². The van der Waals surface area contributed by atoms with E-state index in [0.29, 0.717) is 5.69 Å². The molecule has 116 valence electrons. The van der Waals surface area contributed by atoms with Crippen LogP contribution < -0.4 is 10.6 Å². The van der Waals surface area contributed by atoms with Crippen molar-refractivity contribution < 1.29 is 4.79 Å². The van der Waals surface area contributed by atoms with E-state index in [9.17, 15) is 4.79 Å². The largest absolute Gasteiger partial charge is 0.334 e. The highest BCUT2D eigenvalue weighted by Crippen LogP contribution is 2.25. The number of rotatable bonds is 3. The highest BCUT2D eigenvalue weighted by atomic mass is 16.2. The molecule has 1 saturated carbocycles. The van der Waals surface area contributed by atoms with Gasteiger partial charge in [-0.05, 0) is 32.2 Å². The lowest BCUT2D eigenvalue weighted by molar-refractivity contribution is 0.113. The molecule has 2 aliphatic rings. The molecule has 1 aliphatic heterocycles. The van der Waals surface area contributed by atoms with Gasteiger partial charge in [-0.15, -0.1) is 0 Å². The van der Waals surface area contributed by atoms with Crippen molar-refractivity contribution in [2.24, 2.45) is 0 Å². The summed E-state index contributed by atoms with van der Waals surface area (Å²) in [5.74, 6) is 0. The van der Waals surface area contributed by atoms with Gasteiger partial charge in [-0.25, -0.2) is 4.79 Å². The number of nitrogens with one attached hydrogen (secondary N) is 3. The molecule has 0 spiro atoms. The highest BCUT2D eigenvalue weighted by Gasteiger charge is 2.27. The number of aromatic nitrogens is 2. The second-order valence-corrected chi connectivity index (χ2v) is 6.21. The van der Waals surface area contributed by atoms with Crippen molar-refractivity contribution in [2.45, 2.75) is 57.0 Å². The van der Waals surface area contributed by atoms with Crippen LogP contribution in [0.25, 0.3) is 0 Å². The summed E-state index contributed by atoms with van der Waals surface area (Å²) >= 11 is 0. The molecule has 0 radical (unpaired) electrons. The summed E-state index contributed by atoms with van der Waals surface area (Å²) in [7, 11) is 0. The van der Waals surface area contributed by atoms with E-state index in [1.807, 2.05) is 0 Å². The third-order valence-corrected chi connectivity index (χ3v) is 4.64. The summed E-state index contributed by atoms with van der Waals surface area (Å²) in [6.45, 7) is 2.18. The van der Waals surface area contributed by atoms with E-state index >= 15 is 0 Å². The van der Waals surface area contributed by atoms with Crippen LogP contribution in [0.15, 0.2) is 12.4 Å². The van der Waals surface area contributed by atoms with Crippen LogP contribution in [0.4, 0.5) is 10.5 Å². The van der Waals surface area contributed by atoms with Gasteiger partial charge in [0.1, 0.15) is 0 Å². The van der Waals surface area contributed by atoms with E-state index < -0.39 is 0 Å². The summed E-state index contributed by atoms with van der Waals surface area (Å²) in [4.78, 5) is 14.6. The topological polar surface area (TPSA) is 73.0 Å². The first-order chi connectivity index (χ1) is 10.3. The minimum Gasteiger partial charge on any atom is -0.334 e. The Kier molecular flexibility index (Phi) is 4.75. The van der Waals surface area contributed by atoms with Crippen LogP contribution >= 0.6 is 0 Å². The number of aromatic amines is 1. The molecule has 1 saturated heterocycles. The Bertz CT molecular complexity index is 441. The van der Waals surface area contributed by atoms with Gasteiger partial charge in [-0.2, -0.15) is 5.10 Å². The molecule has 2 amide bonds. The Morgan fingerprint density at radius 1 is 1.24 bits per heavy atom. The number of likely N-dealkylation sites (tertiary alicyclic amines) is 1. The molecule has 3 rings (SSSR count). The summed E-state index contributed by atoms with van der Waals surface area (Å²) in [5.41, 5.74) is 0.701. The Hall–Kier alpha value is -1.56. The second-order valence-electron chi connectivity index (χ2n) is 6.21. The number of nitrogens with zero attached hydrogens (tertiary/aromatic N) is 2. The van der Waals surface area contributed by atoms with E-state index in [4.69, 9.17) is 0 Å². The molecule has 1 aromatic rings. The molecular formula is C15H25N5O. The number of hydrogen-bond acceptors (Lipinski definition) is 3. The van der Waals surface area contributed by atoms with Crippen molar-refractivity contribution in [1.29, 1.82) is 0 Å². The van der Waals surface area contributed by atoms with Gasteiger partial charge >= 0.3 is 6.03 Å². The molecule has 1 aromatic heterocycles. The van der Waals surface area contributed by atoms with E-state index in [1.165, 1.54) is 45.1 Å². The lowest BCUT2D eigenvalue weighted by atomic mass is 9.92. The molecule has 3 N–H and O–H groups in total. The molecule has 0 aromatic carbocycles. The molecule has 2 fully saturated rings. The molecule has 1 aliphatic carbocycles. The summed E-state index contributed by atoms with van der Waals surface area (Å²) in [5, 5.41) is 12.4. The fourth-order valence-corrected chi connectivity index (χ4v) is 3.57. The second kappa shape index (κ2) is 6.93. The van der Waals surface area contributed by atoms with Crippen LogP contribution in [0.5, 0.6) is 0 Å². The molecule has 1 atom stereocenters. The fourth-order valence-electron chi connectivity index (χ4n) is 3.57. The maximum absolute atomic E-state index is 12.0. The van der Waals surface area contributed by atoms with Crippen molar-refractivity contribution in [3.63, 3.8) is 0 Å². The summed E-state index contributed by atoms with van der Waals surface area (Å²) in [6.07, 6.45) is 12.3. The molecule has 6 nitrogen and oxygen atoms in total. The number of hydrogen-bond donors (Lipinski definition) is 3. The standard InChI is InChI=1S/C15H25N5O/c21-15(19-13-9-16-17-10-13)18-12-5-4-8-20(11-12)14-6-2-1-3-7-14/h9-10,12,14H,1-8,11H2,(H,16,17)(H2,18,19,21)/t12-/m1/s1. The average Bonchev–Trinajstić information content (AvgIpc) is 3.01. The average molecular weight is 291 g/mol. The van der Waals surface area contributed by atoms with Crippen LogP contribution in [0.2, 0.25) is 0 Å². The summed E-state index contributed by atoms with van der Waals surface area (Å²) in [6, 6.07) is 0.861. The van der Waals surface area contributed by atoms with Gasteiger partial charge in [0, 0.05) is 24.8 Å². The lowest BCUT2D eigenvalue weighted by Crippen LogP contribution is -2.52. The molecule has 21 heavy (non-hydrogen) atoms. The molecule has 6 heteroatoms. The molecule has 0 bridgehead atoms. The predicted octanol–water partition coefficient (Wildman–Crippen LogP) is 2.33. The predicted molar refractivity (Wildman–Crippen MR) is 82.2 cm³/mol. The van der Waals surface area contributed by atoms with Crippen molar-refractivity contribution >= 4 is 11.7 Å². The normalized spacial score (nSPS) is 24.7. The SMILES string of the molecule is O=C(Nc1cn[nH]c1)N[C@@H]1CCCN(C2CCCCC2)C1. The number of carbonyl (C=O) groups excluding carboxylic acids is 1. The number of H-pyrrole nitrogens is 1. The van der Waals surface area contributed by atoms with Crippen molar-refractivity contribution in [1.82, 2.24) is 20.4 Å². The van der Waals surface area contributed by atoms with Gasteiger partial charge in [-0.3, -0.25) is 10.00 Å². The van der Waals surface area contributed by atoms with Crippen LogP contribution in [0.1, 0.15) is 44.9 Å². The Balaban J connectivity index is 1.47. The van der Waals surface area contributed by atoms with E-state index in [0.717, 1.165) is 19.0 Å². The van der Waals surface area contributed by atoms with Crippen molar-refractivity contribution in [3.8, 4) is 0 Å². The zero-order valence-electron chi connectivity index (χ0n) is 12.5. The number of piperidine rings is 1. The number of amides is 2. The van der Waals surface area contributed by atoms with E-state index in [2.05, 4.69) is 25.7 Å². The van der Waals surface area contributed by atoms with E-state index in [1.54, 1.807) is 12.4 Å². The smallest absolute Gasteiger partial charge is 0.319 e. The minimum absolute atomic E-state index is 0.133. The van der Waals surface area contributed by atoms with Gasteiger partial charge in [0.25, 0.3) is 0 Å². The van der Waals surface area contributed by atoms with Crippen LogP contribution in [-0.4, -0.2) is 46.3 Å². The Morgan fingerprint density at radius 3 is 2.86 bits per heavy atom. The zero-order valence-corrected chi connectivity index (χ0v) is 12.5. The van der Waals surface area contributed by atoms with Crippen LogP contribution in [0, 0.1) is 0 Å². The van der Waals surface area contributed by atoms with Gasteiger partial charge in [-0.1, -0.05) is 19.3 Å². The lowest BCUT2D eigenvalue weighted by Gasteiger charge is -2.40. The number of urea groups is 1. The monoisotopic (exact) mass is 291 g/mol. The Labute approximate surface area is 125 Å². The molecule has 2 heterocycles. The third kappa shape index (κ3) is 3.97. The minimum atomic E-state index is -0.133. The summed E-state index contributed by atoms with van der Waals surface area (Å²) < 4.78 is 0. The first-order valence-corrected chi connectivity index (χ1v) is 8.11. The van der Waals surface area contributed by atoms with Crippen molar-refractivity contribution in [3.05, 3.63) is 12.4 Å². The maximum atomic E-state index is 12.0. The van der Waals surface area contributed by atoms with Crippen LogP contribution in [-0.2, 0) is 0 Å².